The van der Waals surface area contributed by atoms with Gasteiger partial charge in [-0.3, -0.25) is 4.99 Å². The Morgan fingerprint density at radius 1 is 1.10 bits per heavy atom. The molecule has 0 spiro atoms. The molecule has 1 unspecified atom stereocenters. The summed E-state index contributed by atoms with van der Waals surface area (Å²) in [6.45, 7) is 6.98. The van der Waals surface area contributed by atoms with Crippen molar-refractivity contribution in [1.29, 1.82) is 0 Å². The smallest absolute Gasteiger partial charge is 0.191 e. The minimum Gasteiger partial charge on any atom is -0.487 e. The van der Waals surface area contributed by atoms with Crippen molar-refractivity contribution in [1.82, 2.24) is 10.6 Å². The summed E-state index contributed by atoms with van der Waals surface area (Å²) in [4.78, 5) is 6.78. The van der Waals surface area contributed by atoms with Crippen molar-refractivity contribution in [2.24, 2.45) is 4.99 Å². The Morgan fingerprint density at radius 2 is 1.80 bits per heavy atom. The summed E-state index contributed by atoms with van der Waals surface area (Å²) in [5, 5.41) is 7.04. The third-order valence-corrected chi connectivity index (χ3v) is 5.49. The highest BCUT2D eigenvalue weighted by molar-refractivity contribution is 14.0. The summed E-state index contributed by atoms with van der Waals surface area (Å²) < 4.78 is 6.14. The molecule has 2 aliphatic rings. The Hall–Kier alpha value is -2.22. The van der Waals surface area contributed by atoms with E-state index in [2.05, 4.69) is 82.9 Å². The summed E-state index contributed by atoms with van der Waals surface area (Å²) in [7, 11) is 1.81. The lowest BCUT2D eigenvalue weighted by atomic mass is 9.90. The molecule has 0 radical (unpaired) electrons. The van der Waals surface area contributed by atoms with Crippen LogP contribution < -0.4 is 20.3 Å². The topological polar surface area (TPSA) is 48.9 Å². The average molecular weight is 518 g/mol. The van der Waals surface area contributed by atoms with E-state index in [0.717, 1.165) is 37.8 Å². The van der Waals surface area contributed by atoms with Gasteiger partial charge in [0.2, 0.25) is 0 Å². The second-order valence-corrected chi connectivity index (χ2v) is 8.27. The van der Waals surface area contributed by atoms with Gasteiger partial charge in [-0.05, 0) is 37.6 Å². The second-order valence-electron chi connectivity index (χ2n) is 8.27. The number of halogens is 1. The number of benzene rings is 2. The number of nitrogens with one attached hydrogen (secondary N) is 2. The molecule has 2 N–H and O–H groups in total. The first kappa shape index (κ1) is 22.5. The molecule has 0 saturated carbocycles. The second kappa shape index (κ2) is 9.73. The predicted molar refractivity (Wildman–Crippen MR) is 135 cm³/mol. The number of ether oxygens (including phenoxy) is 1. The van der Waals surface area contributed by atoms with Gasteiger partial charge in [-0.15, -0.1) is 24.0 Å². The van der Waals surface area contributed by atoms with Gasteiger partial charge in [0, 0.05) is 44.4 Å². The Bertz CT molecular complexity index is 900. The number of rotatable bonds is 4. The molecular weight excluding hydrogens is 487 g/mol. The molecule has 4 rings (SSSR count). The van der Waals surface area contributed by atoms with E-state index in [0.29, 0.717) is 0 Å². The first-order valence-corrected chi connectivity index (χ1v) is 10.3. The minimum absolute atomic E-state index is 0. The van der Waals surface area contributed by atoms with Crippen molar-refractivity contribution in [2.75, 3.05) is 25.0 Å². The molecule has 0 amide bonds. The zero-order valence-corrected chi connectivity index (χ0v) is 20.2. The molecule has 5 nitrogen and oxygen atoms in total. The van der Waals surface area contributed by atoms with Crippen LogP contribution in [0.15, 0.2) is 65.7 Å². The maximum absolute atomic E-state index is 6.14. The van der Waals surface area contributed by atoms with Crippen molar-refractivity contribution in [3.8, 4) is 5.75 Å². The molecule has 2 aromatic rings. The molecule has 2 aliphatic heterocycles. The number of guanidine groups is 1. The molecule has 30 heavy (non-hydrogen) atoms. The quantitative estimate of drug-likeness (QED) is 0.268. The van der Waals surface area contributed by atoms with Crippen LogP contribution in [0.5, 0.6) is 5.75 Å². The lowest BCUT2D eigenvalue weighted by Crippen LogP contribution is -2.45. The zero-order valence-electron chi connectivity index (χ0n) is 17.9. The largest absolute Gasteiger partial charge is 0.487 e. The Kier molecular flexibility index (Phi) is 7.28. The SMILES string of the molecule is CN=C(NCc1ccc(N2CC=CC2)cc1)NC1CC(C)(C)Oc2ccccc21.I. The van der Waals surface area contributed by atoms with Crippen LogP contribution in [-0.2, 0) is 6.54 Å². The molecular formula is C24H31IN4O. The number of para-hydroxylation sites is 1. The summed E-state index contributed by atoms with van der Waals surface area (Å²) >= 11 is 0. The Labute approximate surface area is 196 Å². The summed E-state index contributed by atoms with van der Waals surface area (Å²) in [6.07, 6.45) is 5.30. The molecule has 2 aromatic carbocycles. The molecule has 0 saturated heterocycles. The number of nitrogens with zero attached hydrogens (tertiary/aromatic N) is 2. The van der Waals surface area contributed by atoms with Gasteiger partial charge in [-0.25, -0.2) is 0 Å². The highest BCUT2D eigenvalue weighted by Gasteiger charge is 2.33. The number of aliphatic imine (C=N–C) groups is 1. The molecule has 0 aliphatic carbocycles. The highest BCUT2D eigenvalue weighted by Crippen LogP contribution is 2.39. The van der Waals surface area contributed by atoms with Crippen molar-refractivity contribution in [3.05, 3.63) is 71.8 Å². The van der Waals surface area contributed by atoms with Gasteiger partial charge in [-0.1, -0.05) is 42.5 Å². The van der Waals surface area contributed by atoms with Crippen molar-refractivity contribution in [2.45, 2.75) is 38.5 Å². The standard InChI is InChI=1S/C24H30N4O.HI/c1-24(2)16-21(20-8-4-5-9-22(20)29-24)27-23(25-3)26-17-18-10-12-19(13-11-18)28-14-6-7-15-28;/h4-13,21H,14-17H2,1-3H3,(H2,25,26,27);1H. The van der Waals surface area contributed by atoms with E-state index in [9.17, 15) is 0 Å². The van der Waals surface area contributed by atoms with Gasteiger partial charge in [0.25, 0.3) is 0 Å². The Balaban J connectivity index is 0.00000256. The first-order chi connectivity index (χ1) is 14.0. The van der Waals surface area contributed by atoms with Gasteiger partial charge < -0.3 is 20.3 Å². The van der Waals surface area contributed by atoms with E-state index in [-0.39, 0.29) is 35.6 Å². The molecule has 0 fully saturated rings. The number of fused-ring (bicyclic) bond motifs is 1. The monoisotopic (exact) mass is 518 g/mol. The van der Waals surface area contributed by atoms with Crippen molar-refractivity contribution < 1.29 is 4.74 Å². The van der Waals surface area contributed by atoms with E-state index < -0.39 is 0 Å². The van der Waals surface area contributed by atoms with Gasteiger partial charge in [0.05, 0.1) is 6.04 Å². The maximum Gasteiger partial charge on any atom is 0.191 e. The van der Waals surface area contributed by atoms with Crippen LogP contribution in [0.4, 0.5) is 5.69 Å². The van der Waals surface area contributed by atoms with Gasteiger partial charge in [0.1, 0.15) is 11.4 Å². The lowest BCUT2D eigenvalue weighted by molar-refractivity contribution is 0.0694. The van der Waals surface area contributed by atoms with Gasteiger partial charge in [-0.2, -0.15) is 0 Å². The van der Waals surface area contributed by atoms with Crippen LogP contribution in [0.25, 0.3) is 0 Å². The third kappa shape index (κ3) is 5.28. The minimum atomic E-state index is -0.217. The van der Waals surface area contributed by atoms with Crippen LogP contribution in [-0.4, -0.2) is 31.7 Å². The number of anilines is 1. The average Bonchev–Trinajstić information content (AvgIpc) is 3.25. The fraction of sp³-hybridized carbons (Fsp3) is 0.375. The molecule has 160 valence electrons. The normalized spacial score (nSPS) is 19.5. The third-order valence-electron chi connectivity index (χ3n) is 5.49. The van der Waals surface area contributed by atoms with E-state index in [1.54, 1.807) is 0 Å². The lowest BCUT2D eigenvalue weighted by Gasteiger charge is -2.38. The van der Waals surface area contributed by atoms with E-state index in [1.165, 1.54) is 16.8 Å². The maximum atomic E-state index is 6.14. The molecule has 0 bridgehead atoms. The van der Waals surface area contributed by atoms with Crippen molar-refractivity contribution >= 4 is 35.6 Å². The highest BCUT2D eigenvalue weighted by atomic mass is 127. The summed E-state index contributed by atoms with van der Waals surface area (Å²) in [5.74, 6) is 1.75. The molecule has 6 heteroatoms. The summed E-state index contributed by atoms with van der Waals surface area (Å²) in [5.41, 5.74) is 3.46. The fourth-order valence-electron chi connectivity index (χ4n) is 3.99. The van der Waals surface area contributed by atoms with Crippen LogP contribution in [0.3, 0.4) is 0 Å². The van der Waals surface area contributed by atoms with Crippen LogP contribution in [0.1, 0.15) is 37.4 Å². The van der Waals surface area contributed by atoms with E-state index >= 15 is 0 Å². The van der Waals surface area contributed by atoms with Crippen LogP contribution in [0, 0.1) is 0 Å². The predicted octanol–water partition coefficient (Wildman–Crippen LogP) is 4.65. The van der Waals surface area contributed by atoms with Crippen LogP contribution in [0.2, 0.25) is 0 Å². The van der Waals surface area contributed by atoms with E-state index in [1.807, 2.05) is 19.2 Å². The molecule has 0 aromatic heterocycles. The fourth-order valence-corrected chi connectivity index (χ4v) is 3.99. The molecule has 2 heterocycles. The number of hydrogen-bond acceptors (Lipinski definition) is 3. The molecule has 1 atom stereocenters. The van der Waals surface area contributed by atoms with E-state index in [4.69, 9.17) is 4.74 Å². The summed E-state index contributed by atoms with van der Waals surface area (Å²) in [6, 6.07) is 17.2. The first-order valence-electron chi connectivity index (χ1n) is 10.3. The van der Waals surface area contributed by atoms with Crippen molar-refractivity contribution in [3.63, 3.8) is 0 Å². The van der Waals surface area contributed by atoms with Gasteiger partial charge in [0.15, 0.2) is 5.96 Å². The zero-order chi connectivity index (χ0) is 20.3. The van der Waals surface area contributed by atoms with Gasteiger partial charge >= 0.3 is 0 Å². The number of hydrogen-bond donors (Lipinski definition) is 2. The van der Waals surface area contributed by atoms with Crippen LogP contribution >= 0.6 is 24.0 Å². The Morgan fingerprint density at radius 3 is 2.50 bits per heavy atom.